The Labute approximate surface area is 251 Å². The minimum atomic E-state index is -0.296. The summed E-state index contributed by atoms with van der Waals surface area (Å²) in [5.41, 5.74) is 5.03. The molecule has 1 amide bonds. The maximum atomic E-state index is 13.1. The van der Waals surface area contributed by atoms with Crippen LogP contribution < -0.4 is 5.69 Å². The molecule has 5 aromatic rings. The number of amides is 1. The van der Waals surface area contributed by atoms with Crippen LogP contribution in [0.1, 0.15) is 36.9 Å². The molecule has 1 saturated heterocycles. The van der Waals surface area contributed by atoms with Crippen molar-refractivity contribution in [1.29, 1.82) is 0 Å². The number of benzene rings is 3. The van der Waals surface area contributed by atoms with E-state index in [2.05, 4.69) is 46.1 Å². The molecular weight excluding hydrogens is 550 g/mol. The van der Waals surface area contributed by atoms with Crippen molar-refractivity contribution in [2.24, 2.45) is 0 Å². The van der Waals surface area contributed by atoms with E-state index in [-0.39, 0.29) is 42.9 Å². The van der Waals surface area contributed by atoms with Crippen molar-refractivity contribution < 1.29 is 9.53 Å². The van der Waals surface area contributed by atoms with Gasteiger partial charge in [-0.05, 0) is 55.2 Å². The second kappa shape index (κ2) is 13.2. The van der Waals surface area contributed by atoms with Crippen LogP contribution >= 0.6 is 12.4 Å². The molecule has 8 nitrogen and oxygen atoms in total. The third-order valence-corrected chi connectivity index (χ3v) is 8.12. The number of para-hydroxylation sites is 3. The molecule has 0 radical (unpaired) electrons. The van der Waals surface area contributed by atoms with E-state index in [0.717, 1.165) is 28.5 Å². The third-order valence-electron chi connectivity index (χ3n) is 8.12. The average molecular weight is 586 g/mol. The van der Waals surface area contributed by atoms with Crippen LogP contribution in [0.5, 0.6) is 0 Å². The van der Waals surface area contributed by atoms with Gasteiger partial charge in [0.15, 0.2) is 0 Å². The summed E-state index contributed by atoms with van der Waals surface area (Å²) in [6.07, 6.45) is 2.98. The predicted octanol–water partition coefficient (Wildman–Crippen LogP) is 6.16. The number of carbonyl (C=O) groups is 1. The number of imidazole rings is 1. The van der Waals surface area contributed by atoms with Crippen LogP contribution in [0.15, 0.2) is 95.9 Å². The molecule has 3 aromatic carbocycles. The predicted molar refractivity (Wildman–Crippen MR) is 168 cm³/mol. The maximum Gasteiger partial charge on any atom is 0.409 e. The summed E-state index contributed by atoms with van der Waals surface area (Å²) in [5, 5.41) is 1.13. The zero-order valence-electron chi connectivity index (χ0n) is 23.7. The molecule has 0 saturated carbocycles. The van der Waals surface area contributed by atoms with Gasteiger partial charge in [0.25, 0.3) is 0 Å². The summed E-state index contributed by atoms with van der Waals surface area (Å²) in [4.78, 5) is 37.3. The topological polar surface area (TPSA) is 83.5 Å². The first-order valence-electron chi connectivity index (χ1n) is 14.3. The molecule has 1 aliphatic rings. The second-order valence-electron chi connectivity index (χ2n) is 10.8. The van der Waals surface area contributed by atoms with E-state index in [1.807, 2.05) is 71.4 Å². The summed E-state index contributed by atoms with van der Waals surface area (Å²) in [6.45, 7) is 4.95. The normalized spacial score (nSPS) is 14.7. The van der Waals surface area contributed by atoms with Gasteiger partial charge in [-0.25, -0.2) is 9.59 Å². The monoisotopic (exact) mass is 585 g/mol. The van der Waals surface area contributed by atoms with Gasteiger partial charge in [0.1, 0.15) is 6.61 Å². The molecule has 1 atom stereocenters. The molecule has 1 aliphatic heterocycles. The van der Waals surface area contributed by atoms with Crippen molar-refractivity contribution in [3.05, 3.63) is 113 Å². The number of carbonyl (C=O) groups excluding carboxylic acids is 1. The summed E-state index contributed by atoms with van der Waals surface area (Å²) in [6, 6.07) is 28.4. The van der Waals surface area contributed by atoms with Crippen molar-refractivity contribution in [2.45, 2.75) is 44.9 Å². The number of likely N-dealkylation sites (tertiary alicyclic amines) is 1. The lowest BCUT2D eigenvalue weighted by Gasteiger charge is -2.33. The minimum absolute atomic E-state index is 0. The number of rotatable bonds is 8. The van der Waals surface area contributed by atoms with Crippen LogP contribution in [-0.2, 0) is 17.8 Å². The van der Waals surface area contributed by atoms with Gasteiger partial charge in [0.05, 0.1) is 16.6 Å². The van der Waals surface area contributed by atoms with E-state index in [1.165, 1.54) is 11.1 Å². The zero-order valence-corrected chi connectivity index (χ0v) is 24.5. The van der Waals surface area contributed by atoms with Gasteiger partial charge in [-0.2, -0.15) is 0 Å². The number of fused-ring (bicyclic) bond motifs is 2. The number of ether oxygens (including phenoxy) is 1. The van der Waals surface area contributed by atoms with Crippen LogP contribution in [-0.4, -0.2) is 56.2 Å². The van der Waals surface area contributed by atoms with Gasteiger partial charge in [0, 0.05) is 49.8 Å². The minimum Gasteiger partial charge on any atom is -0.448 e. The highest BCUT2D eigenvalue weighted by atomic mass is 35.5. The fraction of sp³-hybridized carbons (Fsp3) is 0.303. The second-order valence-corrected chi connectivity index (χ2v) is 10.8. The molecule has 1 N–H and O–H groups in total. The zero-order chi connectivity index (χ0) is 28.2. The first-order valence-corrected chi connectivity index (χ1v) is 14.3. The Kier molecular flexibility index (Phi) is 9.25. The van der Waals surface area contributed by atoms with E-state index < -0.39 is 0 Å². The third kappa shape index (κ3) is 6.35. The number of piperidine rings is 1. The molecule has 42 heavy (non-hydrogen) atoms. The van der Waals surface area contributed by atoms with Crippen LogP contribution in [0.25, 0.3) is 21.9 Å². The molecule has 9 heteroatoms. The molecule has 1 unspecified atom stereocenters. The Balaban J connectivity index is 0.00000353. The van der Waals surface area contributed by atoms with Crippen LogP contribution in [0.3, 0.4) is 0 Å². The summed E-state index contributed by atoms with van der Waals surface area (Å²) in [5.74, 6) is 0. The first kappa shape index (κ1) is 29.4. The van der Waals surface area contributed by atoms with Crippen molar-refractivity contribution in [3.63, 3.8) is 0 Å². The number of hydrogen-bond donors (Lipinski definition) is 1. The molecule has 1 fully saturated rings. The van der Waals surface area contributed by atoms with Crippen molar-refractivity contribution in [1.82, 2.24) is 24.3 Å². The SMILES string of the molecule is CC(COC(=O)N1CCC(n2c(=O)[nH]c3ccccc32)CC1)N(Cc1ccccc1)Cc1ccnc2ccccc12.Cl. The molecule has 6 rings (SSSR count). The van der Waals surface area contributed by atoms with Crippen LogP contribution in [0, 0.1) is 0 Å². The number of nitrogens with one attached hydrogen (secondary N) is 1. The number of nitrogens with zero attached hydrogens (tertiary/aromatic N) is 4. The summed E-state index contributed by atoms with van der Waals surface area (Å²) < 4.78 is 7.70. The average Bonchev–Trinajstić information content (AvgIpc) is 3.35. The van der Waals surface area contributed by atoms with Gasteiger partial charge < -0.3 is 14.6 Å². The van der Waals surface area contributed by atoms with Crippen LogP contribution in [0.2, 0.25) is 0 Å². The number of hydrogen-bond acceptors (Lipinski definition) is 5. The number of halogens is 1. The van der Waals surface area contributed by atoms with E-state index in [0.29, 0.717) is 32.5 Å². The molecular formula is C33H36ClN5O3. The smallest absolute Gasteiger partial charge is 0.409 e. The van der Waals surface area contributed by atoms with Gasteiger partial charge in [-0.3, -0.25) is 14.5 Å². The van der Waals surface area contributed by atoms with Gasteiger partial charge in [0.2, 0.25) is 0 Å². The van der Waals surface area contributed by atoms with Crippen molar-refractivity contribution >= 4 is 40.4 Å². The van der Waals surface area contributed by atoms with E-state index in [9.17, 15) is 9.59 Å². The number of H-pyrrole nitrogens is 1. The van der Waals surface area contributed by atoms with Gasteiger partial charge in [-0.1, -0.05) is 60.7 Å². The Morgan fingerprint density at radius 3 is 2.50 bits per heavy atom. The fourth-order valence-electron chi connectivity index (χ4n) is 5.83. The molecule has 2 aromatic heterocycles. The van der Waals surface area contributed by atoms with Crippen molar-refractivity contribution in [2.75, 3.05) is 19.7 Å². The molecule has 3 heterocycles. The Morgan fingerprint density at radius 2 is 1.69 bits per heavy atom. The molecule has 218 valence electrons. The molecule has 0 aliphatic carbocycles. The quantitative estimate of drug-likeness (QED) is 0.236. The van der Waals surface area contributed by atoms with E-state index in [1.54, 1.807) is 4.90 Å². The first-order chi connectivity index (χ1) is 20.1. The Bertz CT molecular complexity index is 1690. The van der Waals surface area contributed by atoms with Gasteiger partial charge in [-0.15, -0.1) is 12.4 Å². The lowest BCUT2D eigenvalue weighted by Crippen LogP contribution is -2.42. The molecule has 0 spiro atoms. The summed E-state index contributed by atoms with van der Waals surface area (Å²) >= 11 is 0. The number of pyridine rings is 1. The van der Waals surface area contributed by atoms with E-state index >= 15 is 0 Å². The largest absolute Gasteiger partial charge is 0.448 e. The summed E-state index contributed by atoms with van der Waals surface area (Å²) in [7, 11) is 0. The highest BCUT2D eigenvalue weighted by Gasteiger charge is 2.27. The lowest BCUT2D eigenvalue weighted by molar-refractivity contribution is 0.0568. The number of aromatic amines is 1. The van der Waals surface area contributed by atoms with Gasteiger partial charge >= 0.3 is 11.8 Å². The maximum absolute atomic E-state index is 13.1. The highest BCUT2D eigenvalue weighted by molar-refractivity contribution is 5.85. The fourth-order valence-corrected chi connectivity index (χ4v) is 5.83. The van der Waals surface area contributed by atoms with Crippen LogP contribution in [0.4, 0.5) is 4.79 Å². The van der Waals surface area contributed by atoms with E-state index in [4.69, 9.17) is 4.74 Å². The number of aromatic nitrogens is 3. The molecule has 0 bridgehead atoms. The lowest BCUT2D eigenvalue weighted by atomic mass is 10.0. The standard InChI is InChI=1S/C33H35N5O3.ClH/c1-24(37(21-25-9-3-2-4-10-25)22-26-15-18-34-29-12-6-5-11-28(26)29)23-41-33(40)36-19-16-27(17-20-36)38-31-14-8-7-13-30(31)35-32(38)39;/h2-15,18,24,27H,16-17,19-23H2,1H3,(H,35,39);1H. The Morgan fingerprint density at radius 1 is 0.976 bits per heavy atom. The highest BCUT2D eigenvalue weighted by Crippen LogP contribution is 2.26. The van der Waals surface area contributed by atoms with Crippen molar-refractivity contribution in [3.8, 4) is 0 Å². The Hall–Kier alpha value is -4.14.